The summed E-state index contributed by atoms with van der Waals surface area (Å²) < 4.78 is 0. The van der Waals surface area contributed by atoms with Gasteiger partial charge in [-0.05, 0) is 61.3 Å². The summed E-state index contributed by atoms with van der Waals surface area (Å²) in [6, 6.07) is 20.7. The van der Waals surface area contributed by atoms with Crippen molar-refractivity contribution in [2.75, 3.05) is 18.4 Å². The van der Waals surface area contributed by atoms with Crippen LogP contribution in [0.1, 0.15) is 30.0 Å². The number of aromatic nitrogens is 3. The zero-order chi connectivity index (χ0) is 20.2. The molecule has 30 heavy (non-hydrogen) atoms. The SMILES string of the molecule is c1ccc(Nc2ccc(C3CCCN(Cc4ccnc5ccccc45)C3)nc2)nc1. The van der Waals surface area contributed by atoms with Gasteiger partial charge in [-0.15, -0.1) is 0 Å². The molecule has 1 aliphatic heterocycles. The molecule has 5 heteroatoms. The first-order valence-electron chi connectivity index (χ1n) is 10.5. The third-order valence-corrected chi connectivity index (χ3v) is 5.78. The number of rotatable bonds is 5. The quantitative estimate of drug-likeness (QED) is 0.507. The zero-order valence-corrected chi connectivity index (χ0v) is 16.9. The van der Waals surface area contributed by atoms with Crippen molar-refractivity contribution < 1.29 is 0 Å². The van der Waals surface area contributed by atoms with E-state index < -0.39 is 0 Å². The lowest BCUT2D eigenvalue weighted by Gasteiger charge is -2.32. The van der Waals surface area contributed by atoms with Crippen LogP contribution in [0.2, 0.25) is 0 Å². The number of anilines is 2. The van der Waals surface area contributed by atoms with Gasteiger partial charge in [-0.25, -0.2) is 4.98 Å². The summed E-state index contributed by atoms with van der Waals surface area (Å²) in [7, 11) is 0. The minimum Gasteiger partial charge on any atom is -0.339 e. The van der Waals surface area contributed by atoms with Gasteiger partial charge in [-0.3, -0.25) is 14.9 Å². The maximum absolute atomic E-state index is 4.76. The predicted molar refractivity (Wildman–Crippen MR) is 121 cm³/mol. The van der Waals surface area contributed by atoms with Gasteiger partial charge < -0.3 is 5.32 Å². The van der Waals surface area contributed by atoms with Crippen molar-refractivity contribution in [3.63, 3.8) is 0 Å². The van der Waals surface area contributed by atoms with E-state index in [1.165, 1.54) is 29.5 Å². The van der Waals surface area contributed by atoms with Crippen LogP contribution >= 0.6 is 0 Å². The van der Waals surface area contributed by atoms with Crippen molar-refractivity contribution in [1.82, 2.24) is 19.9 Å². The minimum atomic E-state index is 0.468. The van der Waals surface area contributed by atoms with Crippen molar-refractivity contribution >= 4 is 22.4 Å². The van der Waals surface area contributed by atoms with Crippen LogP contribution in [0.15, 0.2) is 79.3 Å². The van der Waals surface area contributed by atoms with Crippen LogP contribution in [0.5, 0.6) is 0 Å². The van der Waals surface area contributed by atoms with E-state index >= 15 is 0 Å². The second-order valence-corrected chi connectivity index (χ2v) is 7.87. The van der Waals surface area contributed by atoms with Crippen molar-refractivity contribution in [2.45, 2.75) is 25.3 Å². The molecule has 1 N–H and O–H groups in total. The first-order chi connectivity index (χ1) is 14.8. The van der Waals surface area contributed by atoms with E-state index in [0.717, 1.165) is 36.7 Å². The maximum atomic E-state index is 4.76. The summed E-state index contributed by atoms with van der Waals surface area (Å²) in [6.07, 6.45) is 8.01. The monoisotopic (exact) mass is 395 g/mol. The van der Waals surface area contributed by atoms with Gasteiger partial charge in [0.1, 0.15) is 5.82 Å². The van der Waals surface area contributed by atoms with Crippen LogP contribution in [0.3, 0.4) is 0 Å². The van der Waals surface area contributed by atoms with Crippen molar-refractivity contribution in [3.05, 3.63) is 90.5 Å². The Balaban J connectivity index is 1.27. The van der Waals surface area contributed by atoms with Crippen molar-refractivity contribution in [1.29, 1.82) is 0 Å². The average Bonchev–Trinajstić information content (AvgIpc) is 2.81. The summed E-state index contributed by atoms with van der Waals surface area (Å²) in [5.41, 5.74) is 4.56. The molecule has 0 radical (unpaired) electrons. The Bertz CT molecular complexity index is 1110. The molecule has 0 bridgehead atoms. The molecule has 1 saturated heterocycles. The number of piperidine rings is 1. The predicted octanol–water partition coefficient (Wildman–Crippen LogP) is 5.15. The first kappa shape index (κ1) is 18.7. The molecular weight excluding hydrogens is 370 g/mol. The van der Waals surface area contributed by atoms with E-state index in [2.05, 4.69) is 56.6 Å². The van der Waals surface area contributed by atoms with Gasteiger partial charge in [0.25, 0.3) is 0 Å². The van der Waals surface area contributed by atoms with Gasteiger partial charge in [0.15, 0.2) is 0 Å². The second kappa shape index (κ2) is 8.59. The molecular formula is C25H25N5. The number of nitrogens with one attached hydrogen (secondary N) is 1. The summed E-state index contributed by atoms with van der Waals surface area (Å²) in [4.78, 5) is 16.1. The third kappa shape index (κ3) is 4.16. The molecule has 3 aromatic heterocycles. The molecule has 150 valence electrons. The fourth-order valence-corrected chi connectivity index (χ4v) is 4.28. The summed E-state index contributed by atoms with van der Waals surface area (Å²) in [5, 5.41) is 4.56. The number of para-hydroxylation sites is 1. The highest BCUT2D eigenvalue weighted by Crippen LogP contribution is 2.28. The lowest BCUT2D eigenvalue weighted by Crippen LogP contribution is -2.34. The largest absolute Gasteiger partial charge is 0.339 e. The van der Waals surface area contributed by atoms with E-state index in [0.29, 0.717) is 5.92 Å². The number of hydrogen-bond acceptors (Lipinski definition) is 5. The molecule has 0 saturated carbocycles. The molecule has 0 spiro atoms. The molecule has 5 rings (SSSR count). The van der Waals surface area contributed by atoms with Gasteiger partial charge in [-0.1, -0.05) is 24.3 Å². The van der Waals surface area contributed by atoms with Crippen LogP contribution in [0.4, 0.5) is 11.5 Å². The van der Waals surface area contributed by atoms with E-state index in [9.17, 15) is 0 Å². The molecule has 1 aromatic carbocycles. The summed E-state index contributed by atoms with van der Waals surface area (Å²) >= 11 is 0. The number of fused-ring (bicyclic) bond motifs is 1. The fourth-order valence-electron chi connectivity index (χ4n) is 4.28. The summed E-state index contributed by atoms with van der Waals surface area (Å²) in [6.45, 7) is 3.13. The summed E-state index contributed by atoms with van der Waals surface area (Å²) in [5.74, 6) is 1.30. The van der Waals surface area contributed by atoms with E-state index in [-0.39, 0.29) is 0 Å². The number of benzene rings is 1. The smallest absolute Gasteiger partial charge is 0.130 e. The van der Waals surface area contributed by atoms with Crippen LogP contribution in [-0.4, -0.2) is 32.9 Å². The van der Waals surface area contributed by atoms with E-state index in [4.69, 9.17) is 4.98 Å². The van der Waals surface area contributed by atoms with Crippen LogP contribution in [-0.2, 0) is 6.54 Å². The highest BCUT2D eigenvalue weighted by Gasteiger charge is 2.22. The Hall–Kier alpha value is -3.31. The Morgan fingerprint density at radius 1 is 0.900 bits per heavy atom. The van der Waals surface area contributed by atoms with E-state index in [1.807, 2.05) is 36.7 Å². The van der Waals surface area contributed by atoms with Crippen LogP contribution in [0.25, 0.3) is 10.9 Å². The molecule has 1 atom stereocenters. The lowest BCUT2D eigenvalue weighted by molar-refractivity contribution is 0.199. The first-order valence-corrected chi connectivity index (χ1v) is 10.5. The molecule has 0 amide bonds. The van der Waals surface area contributed by atoms with Gasteiger partial charge in [0, 0.05) is 42.5 Å². The molecule has 4 heterocycles. The molecule has 5 nitrogen and oxygen atoms in total. The number of pyridine rings is 3. The Morgan fingerprint density at radius 3 is 2.70 bits per heavy atom. The molecule has 1 unspecified atom stereocenters. The van der Waals surface area contributed by atoms with E-state index in [1.54, 1.807) is 6.20 Å². The fraction of sp³-hybridized carbons (Fsp3) is 0.240. The highest BCUT2D eigenvalue weighted by molar-refractivity contribution is 5.81. The van der Waals surface area contributed by atoms with Gasteiger partial charge >= 0.3 is 0 Å². The standard InChI is InChI=1S/C25H25N5/c1-2-8-24-22(7-1)19(12-14-26-24)17-30-15-5-6-20(18-30)23-11-10-21(16-28-23)29-25-9-3-4-13-27-25/h1-4,7-14,16,20H,5-6,15,17-18H2,(H,27,29). The van der Waals surface area contributed by atoms with Gasteiger partial charge in [-0.2, -0.15) is 0 Å². The Morgan fingerprint density at radius 2 is 1.83 bits per heavy atom. The van der Waals surface area contributed by atoms with Gasteiger partial charge in [0.05, 0.1) is 17.4 Å². The number of likely N-dealkylation sites (tertiary alicyclic amines) is 1. The van der Waals surface area contributed by atoms with Crippen molar-refractivity contribution in [3.8, 4) is 0 Å². The van der Waals surface area contributed by atoms with Gasteiger partial charge in [0.2, 0.25) is 0 Å². The zero-order valence-electron chi connectivity index (χ0n) is 16.9. The normalized spacial score (nSPS) is 17.1. The highest BCUT2D eigenvalue weighted by atomic mass is 15.1. The Kier molecular flexibility index (Phi) is 5.36. The Labute approximate surface area is 176 Å². The second-order valence-electron chi connectivity index (χ2n) is 7.87. The topological polar surface area (TPSA) is 53.9 Å². The lowest BCUT2D eigenvalue weighted by atomic mass is 9.93. The third-order valence-electron chi connectivity index (χ3n) is 5.78. The molecule has 1 aliphatic rings. The average molecular weight is 396 g/mol. The maximum Gasteiger partial charge on any atom is 0.130 e. The molecule has 1 fully saturated rings. The molecule has 0 aliphatic carbocycles. The molecule has 4 aromatic rings. The number of hydrogen-bond donors (Lipinski definition) is 1. The van der Waals surface area contributed by atoms with Crippen molar-refractivity contribution in [2.24, 2.45) is 0 Å². The minimum absolute atomic E-state index is 0.468. The van der Waals surface area contributed by atoms with Crippen LogP contribution in [0, 0.1) is 0 Å². The number of nitrogens with zero attached hydrogens (tertiary/aromatic N) is 4. The van der Waals surface area contributed by atoms with Crippen LogP contribution < -0.4 is 5.32 Å².